The Kier molecular flexibility index (Phi) is 3.84. The van der Waals surface area contributed by atoms with Crippen molar-refractivity contribution in [3.63, 3.8) is 0 Å². The highest BCUT2D eigenvalue weighted by molar-refractivity contribution is 7.98. The summed E-state index contributed by atoms with van der Waals surface area (Å²) in [7, 11) is 0. The largest absolute Gasteiger partial charge is 0.301 e. The van der Waals surface area contributed by atoms with Gasteiger partial charge in [-0.25, -0.2) is 9.67 Å². The number of hydrogen-bond donors (Lipinski definition) is 1. The van der Waals surface area contributed by atoms with Crippen LogP contribution in [-0.4, -0.2) is 24.7 Å². The van der Waals surface area contributed by atoms with Crippen LogP contribution in [-0.2, 0) is 5.75 Å². The predicted octanol–water partition coefficient (Wildman–Crippen LogP) is 2.80. The van der Waals surface area contributed by atoms with Gasteiger partial charge in [0.15, 0.2) is 10.8 Å². The van der Waals surface area contributed by atoms with Gasteiger partial charge in [-0.1, -0.05) is 36.0 Å². The molecule has 0 atom stereocenters. The average molecular weight is 335 g/mol. The number of H-pyrrole nitrogens is 1. The number of benzene rings is 1. The monoisotopic (exact) mass is 335 g/mol. The van der Waals surface area contributed by atoms with Crippen LogP contribution >= 0.6 is 11.8 Å². The van der Waals surface area contributed by atoms with Gasteiger partial charge in [0.2, 0.25) is 0 Å². The highest BCUT2D eigenvalue weighted by Crippen LogP contribution is 2.20. The number of rotatable bonds is 4. The first kappa shape index (κ1) is 14.6. The van der Waals surface area contributed by atoms with E-state index in [0.717, 1.165) is 11.3 Å². The van der Waals surface area contributed by atoms with Gasteiger partial charge in [-0.2, -0.15) is 5.10 Å². The molecule has 0 spiro atoms. The Morgan fingerprint density at radius 2 is 1.96 bits per heavy atom. The molecule has 3 heterocycles. The Morgan fingerprint density at radius 3 is 2.75 bits per heavy atom. The number of nitrogens with zero attached hydrogens (tertiary/aromatic N) is 4. The third-order valence-electron chi connectivity index (χ3n) is 3.52. The molecule has 0 unspecified atom stereocenters. The second-order valence-electron chi connectivity index (χ2n) is 5.15. The summed E-state index contributed by atoms with van der Waals surface area (Å²) in [4.78, 5) is 23.8. The van der Waals surface area contributed by atoms with Gasteiger partial charge < -0.3 is 4.98 Å². The van der Waals surface area contributed by atoms with Crippen LogP contribution in [0.3, 0.4) is 0 Å². The minimum absolute atomic E-state index is 0.184. The van der Waals surface area contributed by atoms with Crippen molar-refractivity contribution in [2.75, 3.05) is 0 Å². The third-order valence-corrected chi connectivity index (χ3v) is 4.46. The molecule has 4 aromatic rings. The number of pyridine rings is 1. The molecular weight excluding hydrogens is 322 g/mol. The molecule has 1 N–H and O–H groups in total. The van der Waals surface area contributed by atoms with E-state index in [4.69, 9.17) is 0 Å². The molecule has 0 aliphatic carbocycles. The van der Waals surface area contributed by atoms with E-state index in [1.807, 2.05) is 42.5 Å². The van der Waals surface area contributed by atoms with Crippen LogP contribution in [0, 0.1) is 0 Å². The van der Waals surface area contributed by atoms with Crippen molar-refractivity contribution in [2.45, 2.75) is 10.9 Å². The molecule has 7 heteroatoms. The zero-order chi connectivity index (χ0) is 16.4. The topological polar surface area (TPSA) is 76.5 Å². The lowest BCUT2D eigenvalue weighted by Crippen LogP contribution is -2.09. The van der Waals surface area contributed by atoms with Crippen molar-refractivity contribution in [3.8, 4) is 5.69 Å². The van der Waals surface area contributed by atoms with Crippen LogP contribution in [0.25, 0.3) is 16.7 Å². The van der Waals surface area contributed by atoms with Crippen LogP contribution in [0.5, 0.6) is 0 Å². The second kappa shape index (κ2) is 6.29. The lowest BCUT2D eigenvalue weighted by molar-refractivity contribution is 0.873. The molecule has 0 saturated carbocycles. The molecule has 0 radical (unpaired) electrons. The summed E-state index contributed by atoms with van der Waals surface area (Å²) in [6, 6.07) is 13.5. The van der Waals surface area contributed by atoms with Gasteiger partial charge in [0.25, 0.3) is 5.56 Å². The first-order chi connectivity index (χ1) is 11.8. The lowest BCUT2D eigenvalue weighted by atomic mass is 10.3. The van der Waals surface area contributed by atoms with Crippen LogP contribution in [0.2, 0.25) is 0 Å². The number of hydrogen-bond acceptors (Lipinski definition) is 5. The molecule has 0 saturated heterocycles. The summed E-state index contributed by atoms with van der Waals surface area (Å²) in [5, 5.41) is 5.34. The standard InChI is InChI=1S/C17H13N5OS/c23-16-14-10-19-22(13-6-2-1-3-7-13)15(14)20-17(21-16)24-11-12-5-4-8-18-9-12/h1-10H,11H2,(H,20,21,23). The van der Waals surface area contributed by atoms with Crippen LogP contribution in [0.1, 0.15) is 5.56 Å². The molecule has 1 aromatic carbocycles. The minimum atomic E-state index is -0.184. The number of aromatic amines is 1. The molecule has 24 heavy (non-hydrogen) atoms. The fourth-order valence-electron chi connectivity index (χ4n) is 2.36. The molecule has 3 aromatic heterocycles. The Balaban J connectivity index is 1.72. The van der Waals surface area contributed by atoms with Crippen molar-refractivity contribution in [3.05, 3.63) is 77.0 Å². The van der Waals surface area contributed by atoms with E-state index in [0.29, 0.717) is 21.9 Å². The molecular formula is C17H13N5OS. The minimum Gasteiger partial charge on any atom is -0.301 e. The Labute approximate surface area is 141 Å². The van der Waals surface area contributed by atoms with Crippen molar-refractivity contribution in [2.24, 2.45) is 0 Å². The van der Waals surface area contributed by atoms with Crippen LogP contribution in [0.4, 0.5) is 0 Å². The number of nitrogens with one attached hydrogen (secondary N) is 1. The van der Waals surface area contributed by atoms with Crippen molar-refractivity contribution in [1.29, 1.82) is 0 Å². The van der Waals surface area contributed by atoms with Crippen molar-refractivity contribution >= 4 is 22.8 Å². The van der Waals surface area contributed by atoms with E-state index in [1.165, 1.54) is 11.8 Å². The van der Waals surface area contributed by atoms with Crippen molar-refractivity contribution < 1.29 is 0 Å². The summed E-state index contributed by atoms with van der Waals surface area (Å²) in [5.74, 6) is 0.682. The van der Waals surface area contributed by atoms with E-state index in [9.17, 15) is 4.79 Å². The third kappa shape index (κ3) is 2.81. The molecule has 0 aliphatic rings. The molecule has 0 amide bonds. The SMILES string of the molecule is O=c1[nH]c(SCc2cccnc2)nc2c1cnn2-c1ccccc1. The maximum atomic E-state index is 12.3. The molecule has 6 nitrogen and oxygen atoms in total. The average Bonchev–Trinajstić information content (AvgIpc) is 3.06. The lowest BCUT2D eigenvalue weighted by Gasteiger charge is -2.04. The Bertz CT molecular complexity index is 1030. The summed E-state index contributed by atoms with van der Waals surface area (Å²) in [6.45, 7) is 0. The van der Waals surface area contributed by atoms with E-state index in [1.54, 1.807) is 23.3 Å². The summed E-state index contributed by atoms with van der Waals surface area (Å²) in [6.07, 6.45) is 5.08. The number of aromatic nitrogens is 5. The van der Waals surface area contributed by atoms with Gasteiger partial charge in [-0.15, -0.1) is 0 Å². The van der Waals surface area contributed by atoms with Gasteiger partial charge in [0, 0.05) is 18.1 Å². The predicted molar refractivity (Wildman–Crippen MR) is 93.3 cm³/mol. The number of thioether (sulfide) groups is 1. The fraction of sp³-hybridized carbons (Fsp3) is 0.0588. The Hall–Kier alpha value is -2.93. The molecule has 0 aliphatic heterocycles. The van der Waals surface area contributed by atoms with Gasteiger partial charge in [0.05, 0.1) is 11.9 Å². The normalized spacial score (nSPS) is 11.0. The molecule has 0 fully saturated rings. The zero-order valence-electron chi connectivity index (χ0n) is 12.6. The van der Waals surface area contributed by atoms with E-state index in [2.05, 4.69) is 20.1 Å². The second-order valence-corrected chi connectivity index (χ2v) is 6.11. The summed E-state index contributed by atoms with van der Waals surface area (Å²) >= 11 is 1.46. The van der Waals surface area contributed by atoms with E-state index < -0.39 is 0 Å². The highest BCUT2D eigenvalue weighted by atomic mass is 32.2. The van der Waals surface area contributed by atoms with E-state index >= 15 is 0 Å². The molecule has 0 bridgehead atoms. The maximum Gasteiger partial charge on any atom is 0.262 e. The highest BCUT2D eigenvalue weighted by Gasteiger charge is 2.11. The van der Waals surface area contributed by atoms with Crippen molar-refractivity contribution in [1.82, 2.24) is 24.7 Å². The number of para-hydroxylation sites is 1. The van der Waals surface area contributed by atoms with Gasteiger partial charge >= 0.3 is 0 Å². The fourth-order valence-corrected chi connectivity index (χ4v) is 3.15. The molecule has 118 valence electrons. The first-order valence-corrected chi connectivity index (χ1v) is 8.35. The molecule has 4 rings (SSSR count). The smallest absolute Gasteiger partial charge is 0.262 e. The van der Waals surface area contributed by atoms with Crippen LogP contribution in [0.15, 0.2) is 71.0 Å². The quantitative estimate of drug-likeness (QED) is 0.458. The van der Waals surface area contributed by atoms with Crippen LogP contribution < -0.4 is 5.56 Å². The first-order valence-electron chi connectivity index (χ1n) is 7.36. The Morgan fingerprint density at radius 1 is 1.08 bits per heavy atom. The zero-order valence-corrected chi connectivity index (χ0v) is 13.4. The van der Waals surface area contributed by atoms with Gasteiger partial charge in [-0.05, 0) is 23.8 Å². The van der Waals surface area contributed by atoms with Gasteiger partial charge in [-0.3, -0.25) is 9.78 Å². The summed E-state index contributed by atoms with van der Waals surface area (Å²) < 4.78 is 1.68. The van der Waals surface area contributed by atoms with E-state index in [-0.39, 0.29) is 5.56 Å². The summed E-state index contributed by atoms with van der Waals surface area (Å²) in [5.41, 5.74) is 2.31. The maximum absolute atomic E-state index is 12.3. The van der Waals surface area contributed by atoms with Gasteiger partial charge in [0.1, 0.15) is 5.39 Å². The number of fused-ring (bicyclic) bond motifs is 1.